The van der Waals surface area contributed by atoms with Gasteiger partial charge in [0, 0.05) is 60.2 Å². The summed E-state index contributed by atoms with van der Waals surface area (Å²) in [6, 6.07) is 16.3. The number of anilines is 1. The molecule has 0 saturated carbocycles. The first kappa shape index (κ1) is 22.3. The normalized spacial score (nSPS) is 18.5. The molecule has 2 aliphatic heterocycles. The van der Waals surface area contributed by atoms with Crippen LogP contribution in [0.4, 0.5) is 5.95 Å². The van der Waals surface area contributed by atoms with Gasteiger partial charge in [-0.1, -0.05) is 23.7 Å². The summed E-state index contributed by atoms with van der Waals surface area (Å²) in [6.07, 6.45) is 4.49. The highest BCUT2D eigenvalue weighted by Gasteiger charge is 2.33. The van der Waals surface area contributed by atoms with Crippen LogP contribution in [0.25, 0.3) is 10.9 Å². The molecular weight excluding hydrogens is 462 g/mol. The molecule has 7 nitrogen and oxygen atoms in total. The molecule has 1 N–H and O–H groups in total. The molecule has 1 unspecified atom stereocenters. The number of halogens is 1. The smallest absolute Gasteiger partial charge is 0.226 e. The number of fused-ring (bicyclic) bond motifs is 3. The van der Waals surface area contributed by atoms with Gasteiger partial charge in [0.2, 0.25) is 5.95 Å². The second kappa shape index (κ2) is 9.85. The number of morpholine rings is 1. The first-order chi connectivity index (χ1) is 17.3. The summed E-state index contributed by atoms with van der Waals surface area (Å²) in [5.74, 6) is 1.61. The van der Waals surface area contributed by atoms with Crippen molar-refractivity contribution < 1.29 is 9.47 Å². The summed E-state index contributed by atoms with van der Waals surface area (Å²) in [5, 5.41) is 1.94. The third-order valence-corrected chi connectivity index (χ3v) is 7.11. The second-order valence-electron chi connectivity index (χ2n) is 8.97. The molecule has 2 aliphatic rings. The van der Waals surface area contributed by atoms with Crippen LogP contribution in [-0.4, -0.2) is 65.9 Å². The Hall–Kier alpha value is -3.13. The van der Waals surface area contributed by atoms with E-state index < -0.39 is 0 Å². The summed E-state index contributed by atoms with van der Waals surface area (Å²) in [7, 11) is 0. The van der Waals surface area contributed by atoms with E-state index in [0.29, 0.717) is 6.61 Å². The number of aromatic nitrogens is 3. The van der Waals surface area contributed by atoms with Crippen molar-refractivity contribution in [2.45, 2.75) is 12.5 Å². The van der Waals surface area contributed by atoms with Crippen molar-refractivity contribution in [1.82, 2.24) is 19.9 Å². The molecule has 1 saturated heterocycles. The summed E-state index contributed by atoms with van der Waals surface area (Å²) in [4.78, 5) is 17.4. The Kier molecular flexibility index (Phi) is 6.29. The van der Waals surface area contributed by atoms with E-state index in [4.69, 9.17) is 21.1 Å². The molecule has 0 aliphatic carbocycles. The number of benzene rings is 2. The average Bonchev–Trinajstić information content (AvgIpc) is 3.27. The highest BCUT2D eigenvalue weighted by atomic mass is 35.5. The molecule has 0 amide bonds. The van der Waals surface area contributed by atoms with E-state index in [-0.39, 0.29) is 6.04 Å². The zero-order valence-corrected chi connectivity index (χ0v) is 20.2. The van der Waals surface area contributed by atoms with E-state index >= 15 is 0 Å². The van der Waals surface area contributed by atoms with E-state index in [1.807, 2.05) is 12.1 Å². The Morgan fingerprint density at radius 2 is 1.83 bits per heavy atom. The standard InChI is InChI=1S/C27H28ClN5O2/c28-20-4-7-24-23(18-20)22-8-11-33(27-29-9-1-10-30-27)26(25(22)31-24)19-2-5-21(6-3-19)35-17-14-32-12-15-34-16-13-32/h1-7,9-10,18,26,31H,8,11-17H2. The van der Waals surface area contributed by atoms with Gasteiger partial charge >= 0.3 is 0 Å². The monoisotopic (exact) mass is 489 g/mol. The Morgan fingerprint density at radius 3 is 2.63 bits per heavy atom. The Morgan fingerprint density at radius 1 is 1.03 bits per heavy atom. The lowest BCUT2D eigenvalue weighted by molar-refractivity contribution is 0.0322. The van der Waals surface area contributed by atoms with Gasteiger partial charge in [-0.25, -0.2) is 9.97 Å². The number of aromatic amines is 1. The van der Waals surface area contributed by atoms with Gasteiger partial charge in [-0.15, -0.1) is 0 Å². The first-order valence-corrected chi connectivity index (χ1v) is 12.5. The predicted octanol–water partition coefficient (Wildman–Crippen LogP) is 4.47. The minimum Gasteiger partial charge on any atom is -0.492 e. The lowest BCUT2D eigenvalue weighted by Gasteiger charge is -2.36. The summed E-state index contributed by atoms with van der Waals surface area (Å²) in [5.41, 5.74) is 4.74. The summed E-state index contributed by atoms with van der Waals surface area (Å²) < 4.78 is 11.5. The average molecular weight is 490 g/mol. The highest BCUT2D eigenvalue weighted by Crippen LogP contribution is 2.40. The van der Waals surface area contributed by atoms with Gasteiger partial charge in [-0.05, 0) is 53.9 Å². The van der Waals surface area contributed by atoms with E-state index in [2.05, 4.69) is 61.1 Å². The number of H-pyrrole nitrogens is 1. The quantitative estimate of drug-likeness (QED) is 0.431. The van der Waals surface area contributed by atoms with Crippen LogP contribution < -0.4 is 9.64 Å². The number of rotatable bonds is 6. The Labute approximate surface area is 209 Å². The Bertz CT molecular complexity index is 1290. The second-order valence-corrected chi connectivity index (χ2v) is 9.41. The molecule has 35 heavy (non-hydrogen) atoms. The van der Waals surface area contributed by atoms with Crippen LogP contribution in [-0.2, 0) is 11.2 Å². The van der Waals surface area contributed by atoms with Crippen molar-refractivity contribution in [3.05, 3.63) is 82.8 Å². The number of ether oxygens (including phenoxy) is 2. The van der Waals surface area contributed by atoms with Gasteiger partial charge in [0.25, 0.3) is 0 Å². The van der Waals surface area contributed by atoms with Gasteiger partial charge < -0.3 is 19.4 Å². The van der Waals surface area contributed by atoms with Crippen molar-refractivity contribution in [2.24, 2.45) is 0 Å². The van der Waals surface area contributed by atoms with E-state index in [1.54, 1.807) is 12.4 Å². The Balaban J connectivity index is 1.29. The maximum absolute atomic E-state index is 6.34. The first-order valence-electron chi connectivity index (χ1n) is 12.1. The van der Waals surface area contributed by atoms with Crippen molar-refractivity contribution in [3.63, 3.8) is 0 Å². The lowest BCUT2D eigenvalue weighted by Crippen LogP contribution is -2.38. The van der Waals surface area contributed by atoms with Gasteiger partial charge in [0.05, 0.1) is 19.3 Å². The van der Waals surface area contributed by atoms with E-state index in [9.17, 15) is 0 Å². The van der Waals surface area contributed by atoms with Gasteiger partial charge in [0.15, 0.2) is 0 Å². The van der Waals surface area contributed by atoms with Crippen LogP contribution in [0.2, 0.25) is 5.02 Å². The fraction of sp³-hybridized carbons (Fsp3) is 0.333. The van der Waals surface area contributed by atoms with Crippen molar-refractivity contribution >= 4 is 28.5 Å². The third kappa shape index (κ3) is 4.59. The molecule has 0 bridgehead atoms. The topological polar surface area (TPSA) is 66.5 Å². The molecule has 8 heteroatoms. The van der Waals surface area contributed by atoms with E-state index in [0.717, 1.165) is 73.6 Å². The summed E-state index contributed by atoms with van der Waals surface area (Å²) >= 11 is 6.34. The van der Waals surface area contributed by atoms with Crippen LogP contribution in [0, 0.1) is 0 Å². The van der Waals surface area contributed by atoms with Gasteiger partial charge in [-0.3, -0.25) is 4.90 Å². The van der Waals surface area contributed by atoms with Crippen LogP contribution in [0.5, 0.6) is 5.75 Å². The molecule has 4 heterocycles. The third-order valence-electron chi connectivity index (χ3n) is 6.87. The molecule has 2 aromatic carbocycles. The summed E-state index contributed by atoms with van der Waals surface area (Å²) in [6.45, 7) is 5.95. The zero-order valence-electron chi connectivity index (χ0n) is 19.5. The van der Waals surface area contributed by atoms with Crippen LogP contribution in [0.1, 0.15) is 22.9 Å². The van der Waals surface area contributed by atoms with Crippen molar-refractivity contribution in [1.29, 1.82) is 0 Å². The van der Waals surface area contributed by atoms with Crippen molar-refractivity contribution in [3.8, 4) is 5.75 Å². The molecule has 1 atom stereocenters. The number of nitrogens with zero attached hydrogens (tertiary/aromatic N) is 4. The maximum Gasteiger partial charge on any atom is 0.226 e. The largest absolute Gasteiger partial charge is 0.492 e. The number of hydrogen-bond donors (Lipinski definition) is 1. The van der Waals surface area contributed by atoms with Crippen molar-refractivity contribution in [2.75, 3.05) is 50.9 Å². The SMILES string of the molecule is Clc1ccc2[nH]c3c(c2c1)CCN(c1ncccn1)C3c1ccc(OCCN2CCOCC2)cc1. The molecule has 0 spiro atoms. The molecule has 6 rings (SSSR count). The van der Waals surface area contributed by atoms with Gasteiger partial charge in [0.1, 0.15) is 12.4 Å². The number of nitrogens with one attached hydrogen (secondary N) is 1. The fourth-order valence-corrected chi connectivity index (χ4v) is 5.30. The minimum absolute atomic E-state index is 0.0327. The lowest BCUT2D eigenvalue weighted by atomic mass is 9.92. The fourth-order valence-electron chi connectivity index (χ4n) is 5.13. The molecule has 1 fully saturated rings. The predicted molar refractivity (Wildman–Crippen MR) is 137 cm³/mol. The molecule has 4 aromatic rings. The molecule has 0 radical (unpaired) electrons. The van der Waals surface area contributed by atoms with Crippen LogP contribution in [0.3, 0.4) is 0 Å². The minimum atomic E-state index is -0.0327. The zero-order chi connectivity index (χ0) is 23.6. The molecule has 2 aromatic heterocycles. The molecule has 180 valence electrons. The molecular formula is C27H28ClN5O2. The highest BCUT2D eigenvalue weighted by molar-refractivity contribution is 6.31. The maximum atomic E-state index is 6.34. The van der Waals surface area contributed by atoms with Crippen LogP contribution >= 0.6 is 11.6 Å². The number of hydrogen-bond acceptors (Lipinski definition) is 6. The van der Waals surface area contributed by atoms with E-state index in [1.165, 1.54) is 16.6 Å². The van der Waals surface area contributed by atoms with Gasteiger partial charge in [-0.2, -0.15) is 0 Å². The van der Waals surface area contributed by atoms with Crippen LogP contribution in [0.15, 0.2) is 60.9 Å².